The number of carbonyl (C=O) groups is 1. The van der Waals surface area contributed by atoms with Gasteiger partial charge >= 0.3 is 0 Å². The number of piperazine rings is 1. The van der Waals surface area contributed by atoms with E-state index >= 15 is 0 Å². The summed E-state index contributed by atoms with van der Waals surface area (Å²) >= 11 is 0. The largest absolute Gasteiger partial charge is 0.497 e. The Morgan fingerprint density at radius 3 is 2.43 bits per heavy atom. The van der Waals surface area contributed by atoms with Crippen molar-refractivity contribution in [1.29, 1.82) is 0 Å². The molecule has 0 radical (unpaired) electrons. The van der Waals surface area contributed by atoms with Crippen LogP contribution >= 0.6 is 0 Å². The first kappa shape index (κ1) is 23.4. The van der Waals surface area contributed by atoms with Crippen LogP contribution in [0, 0.1) is 11.7 Å². The third-order valence-corrected chi connectivity index (χ3v) is 7.31. The van der Waals surface area contributed by atoms with Crippen LogP contribution in [0.5, 0.6) is 5.75 Å². The van der Waals surface area contributed by atoms with Gasteiger partial charge in [0.25, 0.3) is 5.91 Å². The lowest BCUT2D eigenvalue weighted by Crippen LogP contribution is -2.48. The molecule has 35 heavy (non-hydrogen) atoms. The number of hydrogen-bond acceptors (Lipinski definition) is 4. The van der Waals surface area contributed by atoms with Gasteiger partial charge in [-0.2, -0.15) is 0 Å². The van der Waals surface area contributed by atoms with Crippen molar-refractivity contribution in [3.63, 3.8) is 0 Å². The fourth-order valence-electron chi connectivity index (χ4n) is 5.43. The van der Waals surface area contributed by atoms with Crippen LogP contribution in [0.1, 0.15) is 21.8 Å². The number of likely N-dealkylation sites (tertiary alicyclic amines) is 1. The average molecular weight is 474 g/mol. The van der Waals surface area contributed by atoms with Crippen molar-refractivity contribution >= 4 is 11.6 Å². The fraction of sp³-hybridized carbons (Fsp3) is 0.345. The van der Waals surface area contributed by atoms with Crippen molar-refractivity contribution in [3.8, 4) is 5.75 Å². The molecular formula is C29H32FN3O2. The molecule has 0 unspecified atom stereocenters. The topological polar surface area (TPSA) is 36.0 Å². The number of ether oxygens (including phenoxy) is 1. The van der Waals surface area contributed by atoms with Crippen LogP contribution in [0.2, 0.25) is 0 Å². The zero-order valence-electron chi connectivity index (χ0n) is 20.1. The maximum atomic E-state index is 14.1. The van der Waals surface area contributed by atoms with Crippen LogP contribution in [0.3, 0.4) is 0 Å². The van der Waals surface area contributed by atoms with Crippen molar-refractivity contribution in [3.05, 3.63) is 95.8 Å². The first-order chi connectivity index (χ1) is 17.1. The van der Waals surface area contributed by atoms with E-state index in [1.807, 2.05) is 53.4 Å². The Bertz CT molecular complexity index is 1150. The van der Waals surface area contributed by atoms with E-state index < -0.39 is 0 Å². The van der Waals surface area contributed by atoms with Gasteiger partial charge in [-0.05, 0) is 47.9 Å². The fourth-order valence-corrected chi connectivity index (χ4v) is 5.43. The Balaban J connectivity index is 1.28. The molecule has 0 aromatic heterocycles. The Kier molecular flexibility index (Phi) is 7.00. The molecule has 0 bridgehead atoms. The zero-order chi connectivity index (χ0) is 24.2. The van der Waals surface area contributed by atoms with E-state index in [-0.39, 0.29) is 23.6 Å². The number of hydrogen-bond donors (Lipinski definition) is 0. The van der Waals surface area contributed by atoms with E-state index in [1.54, 1.807) is 19.2 Å². The SMILES string of the molecule is COc1cccc(N2CCN(C[C@@H]3CN(C(=O)c4ccccc4)C[C@@H]3c3cccc(F)c3)CC2)c1. The summed E-state index contributed by atoms with van der Waals surface area (Å²) in [6.45, 7) is 5.99. The number of methoxy groups -OCH3 is 1. The van der Waals surface area contributed by atoms with Crippen LogP contribution in [0.15, 0.2) is 78.9 Å². The van der Waals surface area contributed by atoms with Gasteiger partial charge < -0.3 is 14.5 Å². The number of halogens is 1. The lowest BCUT2D eigenvalue weighted by atomic mass is 9.88. The number of amides is 1. The van der Waals surface area contributed by atoms with Gasteiger partial charge in [0.1, 0.15) is 11.6 Å². The minimum atomic E-state index is -0.221. The smallest absolute Gasteiger partial charge is 0.253 e. The predicted octanol–water partition coefficient (Wildman–Crippen LogP) is 4.51. The normalized spacial score (nSPS) is 20.7. The molecule has 2 atom stereocenters. The Morgan fingerprint density at radius 1 is 0.914 bits per heavy atom. The molecule has 0 aliphatic carbocycles. The highest BCUT2D eigenvalue weighted by Crippen LogP contribution is 2.35. The Hall–Kier alpha value is -3.38. The van der Waals surface area contributed by atoms with E-state index in [9.17, 15) is 9.18 Å². The Morgan fingerprint density at radius 2 is 1.69 bits per heavy atom. The highest BCUT2D eigenvalue weighted by molar-refractivity contribution is 5.94. The molecule has 0 saturated carbocycles. The average Bonchev–Trinajstić information content (AvgIpc) is 3.33. The molecule has 6 heteroatoms. The molecule has 0 spiro atoms. The van der Waals surface area contributed by atoms with Gasteiger partial charge in [0.2, 0.25) is 0 Å². The highest BCUT2D eigenvalue weighted by Gasteiger charge is 2.38. The quantitative estimate of drug-likeness (QED) is 0.528. The van der Waals surface area contributed by atoms with E-state index in [4.69, 9.17) is 4.74 Å². The van der Waals surface area contributed by atoms with Gasteiger partial charge in [0, 0.05) is 69.0 Å². The third-order valence-electron chi connectivity index (χ3n) is 7.31. The molecule has 2 fully saturated rings. The minimum Gasteiger partial charge on any atom is -0.497 e. The highest BCUT2D eigenvalue weighted by atomic mass is 19.1. The number of benzene rings is 3. The third kappa shape index (κ3) is 5.33. The van der Waals surface area contributed by atoms with Crippen molar-refractivity contribution in [2.75, 3.05) is 57.8 Å². The van der Waals surface area contributed by atoms with E-state index in [0.717, 1.165) is 44.0 Å². The summed E-state index contributed by atoms with van der Waals surface area (Å²) in [6.07, 6.45) is 0. The lowest BCUT2D eigenvalue weighted by molar-refractivity contribution is 0.0782. The predicted molar refractivity (Wildman–Crippen MR) is 137 cm³/mol. The molecule has 5 nitrogen and oxygen atoms in total. The molecule has 182 valence electrons. The lowest BCUT2D eigenvalue weighted by Gasteiger charge is -2.38. The monoisotopic (exact) mass is 473 g/mol. The standard InChI is InChI=1S/C29H32FN3O2/c1-35-27-12-6-11-26(18-27)32-15-13-31(14-16-32)19-24-20-33(29(34)22-7-3-2-4-8-22)21-28(24)23-9-5-10-25(30)17-23/h2-12,17-18,24,28H,13-16,19-21H2,1H3/t24-,28-/m1/s1. The summed E-state index contributed by atoms with van der Waals surface area (Å²) < 4.78 is 19.5. The second-order valence-electron chi connectivity index (χ2n) is 9.49. The molecular weight excluding hydrogens is 441 g/mol. The molecule has 2 aliphatic heterocycles. The maximum Gasteiger partial charge on any atom is 0.253 e. The number of anilines is 1. The van der Waals surface area contributed by atoms with Crippen molar-refractivity contribution in [2.24, 2.45) is 5.92 Å². The zero-order valence-corrected chi connectivity index (χ0v) is 20.1. The van der Waals surface area contributed by atoms with Gasteiger partial charge in [-0.25, -0.2) is 4.39 Å². The Labute approximate surface area is 206 Å². The molecule has 0 N–H and O–H groups in total. The maximum absolute atomic E-state index is 14.1. The van der Waals surface area contributed by atoms with E-state index in [2.05, 4.69) is 21.9 Å². The van der Waals surface area contributed by atoms with Crippen LogP contribution in [0.25, 0.3) is 0 Å². The minimum absolute atomic E-state index is 0.0531. The summed E-state index contributed by atoms with van der Waals surface area (Å²) in [5, 5.41) is 0. The van der Waals surface area contributed by atoms with Crippen LogP contribution in [-0.2, 0) is 0 Å². The molecule has 2 aliphatic rings. The second kappa shape index (κ2) is 10.5. The molecule has 3 aromatic carbocycles. The van der Waals surface area contributed by atoms with Crippen molar-refractivity contribution in [1.82, 2.24) is 9.80 Å². The number of rotatable bonds is 6. The van der Waals surface area contributed by atoms with Crippen LogP contribution in [0.4, 0.5) is 10.1 Å². The van der Waals surface area contributed by atoms with Gasteiger partial charge in [-0.15, -0.1) is 0 Å². The van der Waals surface area contributed by atoms with Gasteiger partial charge in [0.05, 0.1) is 7.11 Å². The number of carbonyl (C=O) groups excluding carboxylic acids is 1. The van der Waals surface area contributed by atoms with Crippen molar-refractivity contribution < 1.29 is 13.9 Å². The first-order valence-corrected chi connectivity index (χ1v) is 12.3. The summed E-state index contributed by atoms with van der Waals surface area (Å²) in [4.78, 5) is 20.0. The molecule has 3 aromatic rings. The first-order valence-electron chi connectivity index (χ1n) is 12.3. The molecule has 1 amide bonds. The second-order valence-corrected chi connectivity index (χ2v) is 9.49. The summed E-state index contributed by atoms with van der Waals surface area (Å²) in [7, 11) is 1.69. The van der Waals surface area contributed by atoms with E-state index in [1.165, 1.54) is 11.8 Å². The summed E-state index contributed by atoms with van der Waals surface area (Å²) in [5.74, 6) is 1.08. The molecule has 2 heterocycles. The summed E-state index contributed by atoms with van der Waals surface area (Å²) in [6, 6.07) is 24.5. The van der Waals surface area contributed by atoms with Crippen LogP contribution in [-0.4, -0.2) is 68.6 Å². The van der Waals surface area contributed by atoms with E-state index in [0.29, 0.717) is 18.7 Å². The molecule has 2 saturated heterocycles. The molecule has 5 rings (SSSR count). The van der Waals surface area contributed by atoms with Crippen molar-refractivity contribution in [2.45, 2.75) is 5.92 Å². The summed E-state index contributed by atoms with van der Waals surface area (Å²) in [5.41, 5.74) is 2.87. The van der Waals surface area contributed by atoms with Gasteiger partial charge in [-0.3, -0.25) is 9.69 Å². The van der Waals surface area contributed by atoms with Crippen LogP contribution < -0.4 is 9.64 Å². The van der Waals surface area contributed by atoms with Gasteiger partial charge in [-0.1, -0.05) is 36.4 Å². The van der Waals surface area contributed by atoms with Gasteiger partial charge in [0.15, 0.2) is 0 Å². The number of nitrogens with zero attached hydrogens (tertiary/aromatic N) is 3.